The molecule has 8 nitrogen and oxygen atoms in total. The summed E-state index contributed by atoms with van der Waals surface area (Å²) in [6, 6.07) is 4.20. The van der Waals surface area contributed by atoms with Gasteiger partial charge in [0, 0.05) is 6.07 Å². The summed E-state index contributed by atoms with van der Waals surface area (Å²) < 4.78 is 16.6. The zero-order chi connectivity index (χ0) is 21.4. The third-order valence-corrected chi connectivity index (χ3v) is 5.81. The first-order valence-electron chi connectivity index (χ1n) is 9.52. The van der Waals surface area contributed by atoms with Crippen LogP contribution in [0.15, 0.2) is 30.5 Å². The number of hydrogen-bond acceptors (Lipinski definition) is 8. The van der Waals surface area contributed by atoms with Crippen LogP contribution in [-0.4, -0.2) is 38.1 Å². The molecular weight excluding hydrogens is 392 g/mol. The van der Waals surface area contributed by atoms with Gasteiger partial charge in [0.15, 0.2) is 5.60 Å². The van der Waals surface area contributed by atoms with Gasteiger partial charge in [-0.05, 0) is 44.4 Å². The highest BCUT2D eigenvalue weighted by atomic mass is 16.7. The number of ketones is 1. The summed E-state index contributed by atoms with van der Waals surface area (Å²) >= 11 is 0. The first-order chi connectivity index (χ1) is 14.1. The molecule has 156 valence electrons. The Kier molecular flexibility index (Phi) is 3.62. The van der Waals surface area contributed by atoms with E-state index in [1.54, 1.807) is 6.07 Å². The Morgan fingerprint density at radius 2 is 1.90 bits per heavy atom. The molecule has 0 aliphatic carbocycles. The van der Waals surface area contributed by atoms with Gasteiger partial charge in [-0.15, -0.1) is 0 Å². The number of phenolic OH excluding ortho intramolecular Hbond substituents is 3. The molecule has 2 aromatic carbocycles. The highest BCUT2D eigenvalue weighted by molar-refractivity contribution is 6.16. The maximum atomic E-state index is 13.5. The molecule has 0 fully saturated rings. The predicted octanol–water partition coefficient (Wildman–Crippen LogP) is 2.59. The van der Waals surface area contributed by atoms with Gasteiger partial charge in [0.25, 0.3) is 6.29 Å². The van der Waals surface area contributed by atoms with Gasteiger partial charge < -0.3 is 34.6 Å². The van der Waals surface area contributed by atoms with Crippen LogP contribution in [0.5, 0.6) is 28.7 Å². The summed E-state index contributed by atoms with van der Waals surface area (Å²) in [5, 5.41) is 42.8. The van der Waals surface area contributed by atoms with E-state index in [0.717, 1.165) is 18.1 Å². The number of rotatable bonds is 2. The lowest BCUT2D eigenvalue weighted by atomic mass is 9.87. The predicted molar refractivity (Wildman–Crippen MR) is 103 cm³/mol. The van der Waals surface area contributed by atoms with Crippen LogP contribution in [0.3, 0.4) is 0 Å². The molecule has 0 saturated carbocycles. The number of aliphatic hydroxyl groups is 1. The van der Waals surface area contributed by atoms with Gasteiger partial charge in [0.2, 0.25) is 5.78 Å². The molecule has 0 unspecified atom stereocenters. The smallest absolute Gasteiger partial charge is 0.277 e. The lowest BCUT2D eigenvalue weighted by Crippen LogP contribution is -2.34. The van der Waals surface area contributed by atoms with E-state index in [4.69, 9.17) is 14.2 Å². The van der Waals surface area contributed by atoms with Crippen molar-refractivity contribution in [2.24, 2.45) is 0 Å². The molecule has 5 rings (SSSR count). The summed E-state index contributed by atoms with van der Waals surface area (Å²) in [7, 11) is 0. The minimum Gasteiger partial charge on any atom is -0.507 e. The minimum atomic E-state index is -1.81. The van der Waals surface area contributed by atoms with Crippen molar-refractivity contribution in [1.29, 1.82) is 0 Å². The highest BCUT2D eigenvalue weighted by Crippen LogP contribution is 2.54. The minimum absolute atomic E-state index is 0.00454. The molecule has 0 radical (unpaired) electrons. The van der Waals surface area contributed by atoms with E-state index in [2.05, 4.69) is 0 Å². The van der Waals surface area contributed by atoms with E-state index in [9.17, 15) is 25.2 Å². The topological polar surface area (TPSA) is 126 Å². The molecule has 2 aromatic rings. The molecule has 0 amide bonds. The summed E-state index contributed by atoms with van der Waals surface area (Å²) in [5.74, 6) is -2.18. The van der Waals surface area contributed by atoms with Crippen LogP contribution in [0.2, 0.25) is 0 Å². The second-order valence-corrected chi connectivity index (χ2v) is 8.35. The molecule has 2 atom stereocenters. The van der Waals surface area contributed by atoms with Crippen LogP contribution >= 0.6 is 0 Å². The average molecular weight is 412 g/mol. The van der Waals surface area contributed by atoms with Gasteiger partial charge in [0.05, 0.1) is 11.8 Å². The Morgan fingerprint density at radius 3 is 2.67 bits per heavy atom. The summed E-state index contributed by atoms with van der Waals surface area (Å²) in [4.78, 5) is 13.5. The number of carbonyl (C=O) groups excluding carboxylic acids is 1. The molecule has 30 heavy (non-hydrogen) atoms. The van der Waals surface area contributed by atoms with Crippen molar-refractivity contribution in [3.8, 4) is 28.7 Å². The van der Waals surface area contributed by atoms with Gasteiger partial charge in [-0.2, -0.15) is 0 Å². The average Bonchev–Trinajstić information content (AvgIpc) is 3.13. The van der Waals surface area contributed by atoms with E-state index in [1.807, 2.05) is 13.8 Å². The van der Waals surface area contributed by atoms with Crippen LogP contribution in [-0.2, 0) is 16.8 Å². The molecule has 4 N–H and O–H groups in total. The molecule has 0 aromatic heterocycles. The van der Waals surface area contributed by atoms with E-state index >= 15 is 0 Å². The van der Waals surface area contributed by atoms with Crippen molar-refractivity contribution in [3.05, 3.63) is 52.8 Å². The van der Waals surface area contributed by atoms with Crippen molar-refractivity contribution >= 4 is 5.78 Å². The van der Waals surface area contributed by atoms with Crippen LogP contribution in [0, 0.1) is 0 Å². The Morgan fingerprint density at radius 1 is 1.13 bits per heavy atom. The van der Waals surface area contributed by atoms with E-state index in [-0.39, 0.29) is 28.4 Å². The molecule has 3 heterocycles. The van der Waals surface area contributed by atoms with Crippen molar-refractivity contribution < 1.29 is 39.4 Å². The molecule has 0 bridgehead atoms. The fourth-order valence-corrected chi connectivity index (χ4v) is 4.20. The lowest BCUT2D eigenvalue weighted by molar-refractivity contribution is -0.110. The number of phenols is 3. The molecule has 8 heteroatoms. The number of hydrogen-bond donors (Lipinski definition) is 4. The SMILES string of the molecule is CC1(C)CCc2ccc(O)c(C(=O)c3c(O)cc4c(c3O)[C@]3(O)C=CO[C@H]3O4)c2O1. The number of aromatic hydroxyl groups is 3. The first kappa shape index (κ1) is 18.6. The summed E-state index contributed by atoms with van der Waals surface area (Å²) in [6.45, 7) is 3.75. The maximum Gasteiger partial charge on any atom is 0.277 e. The van der Waals surface area contributed by atoms with Crippen molar-refractivity contribution in [1.82, 2.24) is 0 Å². The number of fused-ring (bicyclic) bond motifs is 4. The molecule has 0 saturated heterocycles. The van der Waals surface area contributed by atoms with Gasteiger partial charge >= 0.3 is 0 Å². The third kappa shape index (κ3) is 2.40. The van der Waals surface area contributed by atoms with Gasteiger partial charge in [-0.25, -0.2) is 0 Å². The monoisotopic (exact) mass is 412 g/mol. The van der Waals surface area contributed by atoms with E-state index in [0.29, 0.717) is 6.42 Å². The summed E-state index contributed by atoms with van der Waals surface area (Å²) in [5.41, 5.74) is -2.34. The van der Waals surface area contributed by atoms with Crippen molar-refractivity contribution in [2.75, 3.05) is 0 Å². The van der Waals surface area contributed by atoms with Crippen molar-refractivity contribution in [2.45, 2.75) is 44.2 Å². The van der Waals surface area contributed by atoms with Crippen LogP contribution in [0.25, 0.3) is 0 Å². The molecule has 3 aliphatic rings. The fraction of sp³-hybridized carbons (Fsp3) is 0.318. The number of aryl methyl sites for hydroxylation is 1. The Bertz CT molecular complexity index is 1130. The molecule has 0 spiro atoms. The zero-order valence-electron chi connectivity index (χ0n) is 16.3. The normalized spacial score (nSPS) is 24.8. The van der Waals surface area contributed by atoms with Crippen LogP contribution < -0.4 is 9.47 Å². The Balaban J connectivity index is 1.69. The number of carbonyl (C=O) groups is 1. The van der Waals surface area contributed by atoms with E-state index in [1.165, 1.54) is 18.4 Å². The quantitative estimate of drug-likeness (QED) is 0.555. The Hall–Kier alpha value is -3.39. The lowest BCUT2D eigenvalue weighted by Gasteiger charge is -2.33. The fourth-order valence-electron chi connectivity index (χ4n) is 4.20. The van der Waals surface area contributed by atoms with Gasteiger partial charge in [-0.3, -0.25) is 4.79 Å². The number of ether oxygens (including phenoxy) is 3. The van der Waals surface area contributed by atoms with Crippen LogP contribution in [0.4, 0.5) is 0 Å². The standard InChI is InChI=1S/C22H20O8/c1-21(2)6-5-10-3-4-11(23)15(19(10)30-21)17(25)14-12(24)9-13-16(18(14)26)22(27)7-8-28-20(22)29-13/h3-4,7-9,20,23-24,26-27H,5-6H2,1-2H3/t20-,22+/m0/s1. The van der Waals surface area contributed by atoms with Gasteiger partial charge in [0.1, 0.15) is 45.5 Å². The Labute approximate surface area is 171 Å². The second kappa shape index (κ2) is 5.82. The zero-order valence-corrected chi connectivity index (χ0v) is 16.3. The molecular formula is C22H20O8. The number of benzene rings is 2. The second-order valence-electron chi connectivity index (χ2n) is 8.35. The maximum absolute atomic E-state index is 13.5. The van der Waals surface area contributed by atoms with Gasteiger partial charge in [-0.1, -0.05) is 6.07 Å². The van der Waals surface area contributed by atoms with Crippen molar-refractivity contribution in [3.63, 3.8) is 0 Å². The van der Waals surface area contributed by atoms with E-state index < -0.39 is 40.3 Å². The van der Waals surface area contributed by atoms with Crippen LogP contribution in [0.1, 0.15) is 47.3 Å². The largest absolute Gasteiger partial charge is 0.507 e. The third-order valence-electron chi connectivity index (χ3n) is 5.81. The summed E-state index contributed by atoms with van der Waals surface area (Å²) in [6.07, 6.45) is 2.76. The molecule has 3 aliphatic heterocycles. The highest BCUT2D eigenvalue weighted by Gasteiger charge is 2.54. The first-order valence-corrected chi connectivity index (χ1v) is 9.52.